The van der Waals surface area contributed by atoms with Crippen LogP contribution >= 0.6 is 0 Å². The fourth-order valence-electron chi connectivity index (χ4n) is 1.01. The lowest BCUT2D eigenvalue weighted by molar-refractivity contribution is 0.483. The van der Waals surface area contributed by atoms with Gasteiger partial charge in [0.25, 0.3) is 10.1 Å². The van der Waals surface area contributed by atoms with Gasteiger partial charge in [0.2, 0.25) is 0 Å². The molecule has 7 heteroatoms. The molecule has 0 saturated carbocycles. The van der Waals surface area contributed by atoms with E-state index in [9.17, 15) is 8.42 Å². The molecule has 0 aromatic heterocycles. The second-order valence-corrected chi connectivity index (χ2v) is 4.23. The zero-order chi connectivity index (χ0) is 10.9. The second kappa shape index (κ2) is 3.45. The van der Waals surface area contributed by atoms with Gasteiger partial charge in [0, 0.05) is 7.05 Å². The molecule has 0 bridgehead atoms. The molecular weight excluding hydrogens is 206 g/mol. The summed E-state index contributed by atoms with van der Waals surface area (Å²) < 4.78 is 30.2. The minimum Gasteiger partial charge on any atom is -0.397 e. The normalized spacial score (nSPS) is 11.4. The monoisotopic (exact) mass is 217 g/mol. The number of rotatable bonds is 2. The van der Waals surface area contributed by atoms with Crippen LogP contribution in [0.15, 0.2) is 23.1 Å². The number of anilines is 2. The van der Waals surface area contributed by atoms with Crippen molar-refractivity contribution < 1.29 is 13.0 Å². The summed E-state index contributed by atoms with van der Waals surface area (Å²) in [5.41, 5.74) is 6.19. The van der Waals surface area contributed by atoms with Crippen molar-refractivity contribution in [3.63, 3.8) is 0 Å². The Labute approximate surface area is 81.8 Å². The second-order valence-electron chi connectivity index (χ2n) is 2.81. The first-order valence-corrected chi connectivity index (χ1v) is 5.12. The zero-order valence-electron chi connectivity index (χ0n) is 7.51. The number of hydrogen-bond donors (Lipinski definition) is 3. The van der Waals surface area contributed by atoms with Crippen LogP contribution in [0.4, 0.5) is 11.4 Å². The molecular formula is C7H11N3O3S. The SMILES string of the molecule is CN(N)c1ccc(S(=O)(=O)O)cc1N. The van der Waals surface area contributed by atoms with Crippen molar-refractivity contribution in [1.29, 1.82) is 0 Å². The first kappa shape index (κ1) is 10.8. The predicted octanol–water partition coefficient (Wildman–Crippen LogP) is -0.175. The molecule has 0 unspecified atom stereocenters. The summed E-state index contributed by atoms with van der Waals surface area (Å²) >= 11 is 0. The minimum atomic E-state index is -4.21. The number of nitrogens with two attached hydrogens (primary N) is 2. The van der Waals surface area contributed by atoms with E-state index in [0.717, 1.165) is 6.07 Å². The molecule has 0 aliphatic carbocycles. The van der Waals surface area contributed by atoms with Crippen LogP contribution in [0.2, 0.25) is 0 Å². The summed E-state index contributed by atoms with van der Waals surface area (Å²) in [6.07, 6.45) is 0. The largest absolute Gasteiger partial charge is 0.397 e. The van der Waals surface area contributed by atoms with E-state index in [2.05, 4.69) is 0 Å². The number of benzene rings is 1. The third-order valence-electron chi connectivity index (χ3n) is 1.68. The van der Waals surface area contributed by atoms with Crippen molar-refractivity contribution in [1.82, 2.24) is 0 Å². The Morgan fingerprint density at radius 2 is 2.00 bits per heavy atom. The Morgan fingerprint density at radius 1 is 1.43 bits per heavy atom. The molecule has 0 radical (unpaired) electrons. The third-order valence-corrected chi connectivity index (χ3v) is 2.53. The molecule has 1 aromatic carbocycles. The maximum atomic E-state index is 10.7. The smallest absolute Gasteiger partial charge is 0.294 e. The molecule has 0 heterocycles. The van der Waals surface area contributed by atoms with Gasteiger partial charge >= 0.3 is 0 Å². The van der Waals surface area contributed by atoms with Gasteiger partial charge in [-0.05, 0) is 18.2 Å². The van der Waals surface area contributed by atoms with Crippen molar-refractivity contribution in [2.75, 3.05) is 17.8 Å². The van der Waals surface area contributed by atoms with Crippen LogP contribution in [0.1, 0.15) is 0 Å². The standard InChI is InChI=1S/C7H11N3O3S/c1-10(9)7-3-2-5(4-6(7)8)14(11,12)13/h2-4H,8-9H2,1H3,(H,11,12,13). The van der Waals surface area contributed by atoms with Gasteiger partial charge in [0.05, 0.1) is 16.3 Å². The molecule has 6 nitrogen and oxygen atoms in total. The summed E-state index contributed by atoms with van der Waals surface area (Å²) in [5, 5.41) is 1.25. The Bertz CT molecular complexity index is 441. The third kappa shape index (κ3) is 2.13. The number of nitrogen functional groups attached to an aromatic ring is 1. The van der Waals surface area contributed by atoms with E-state index in [1.165, 1.54) is 17.1 Å². The van der Waals surface area contributed by atoms with E-state index >= 15 is 0 Å². The topological polar surface area (TPSA) is 110 Å². The average Bonchev–Trinajstić information content (AvgIpc) is 2.01. The van der Waals surface area contributed by atoms with Gasteiger partial charge in [0.1, 0.15) is 0 Å². The van der Waals surface area contributed by atoms with E-state index in [1.807, 2.05) is 0 Å². The van der Waals surface area contributed by atoms with Crippen molar-refractivity contribution in [3.05, 3.63) is 18.2 Å². The van der Waals surface area contributed by atoms with Crippen molar-refractivity contribution in [2.45, 2.75) is 4.90 Å². The molecule has 78 valence electrons. The van der Waals surface area contributed by atoms with Crippen LogP contribution in [0.5, 0.6) is 0 Å². The van der Waals surface area contributed by atoms with Crippen LogP contribution in [0, 0.1) is 0 Å². The number of hydrazine groups is 1. The highest BCUT2D eigenvalue weighted by molar-refractivity contribution is 7.85. The zero-order valence-corrected chi connectivity index (χ0v) is 8.32. The van der Waals surface area contributed by atoms with E-state index < -0.39 is 10.1 Å². The van der Waals surface area contributed by atoms with Crippen molar-refractivity contribution >= 4 is 21.5 Å². The molecule has 0 spiro atoms. The highest BCUT2D eigenvalue weighted by Gasteiger charge is 2.11. The number of nitrogens with zero attached hydrogens (tertiary/aromatic N) is 1. The fraction of sp³-hybridized carbons (Fsp3) is 0.143. The predicted molar refractivity (Wildman–Crippen MR) is 53.3 cm³/mol. The van der Waals surface area contributed by atoms with Gasteiger partial charge in [-0.1, -0.05) is 0 Å². The van der Waals surface area contributed by atoms with E-state index in [1.54, 1.807) is 7.05 Å². The van der Waals surface area contributed by atoms with Crippen LogP contribution in [-0.4, -0.2) is 20.0 Å². The summed E-state index contributed by atoms with van der Waals surface area (Å²) in [7, 11) is -2.64. The lowest BCUT2D eigenvalue weighted by Crippen LogP contribution is -2.26. The average molecular weight is 217 g/mol. The van der Waals surface area contributed by atoms with Gasteiger partial charge in [0.15, 0.2) is 0 Å². The van der Waals surface area contributed by atoms with Crippen LogP contribution in [0.25, 0.3) is 0 Å². The number of hydrogen-bond acceptors (Lipinski definition) is 5. The highest BCUT2D eigenvalue weighted by Crippen LogP contribution is 2.23. The van der Waals surface area contributed by atoms with Crippen molar-refractivity contribution in [2.24, 2.45) is 5.84 Å². The Kier molecular flexibility index (Phi) is 2.65. The molecule has 0 fully saturated rings. The van der Waals surface area contributed by atoms with Gasteiger partial charge in [-0.25, -0.2) is 5.84 Å². The molecule has 14 heavy (non-hydrogen) atoms. The maximum absolute atomic E-state index is 10.7. The molecule has 0 saturated heterocycles. The maximum Gasteiger partial charge on any atom is 0.294 e. The minimum absolute atomic E-state index is 0.185. The summed E-state index contributed by atoms with van der Waals surface area (Å²) in [5.74, 6) is 5.42. The molecule has 0 aliphatic rings. The quantitative estimate of drug-likeness (QED) is 0.274. The van der Waals surface area contributed by atoms with Gasteiger partial charge in [-0.2, -0.15) is 8.42 Å². The molecule has 1 rings (SSSR count). The molecule has 1 aromatic rings. The Hall–Kier alpha value is -1.31. The first-order chi connectivity index (χ1) is 6.32. The van der Waals surface area contributed by atoms with Gasteiger partial charge < -0.3 is 10.7 Å². The highest BCUT2D eigenvalue weighted by atomic mass is 32.2. The van der Waals surface area contributed by atoms with E-state index in [0.29, 0.717) is 5.69 Å². The summed E-state index contributed by atoms with van der Waals surface area (Å²) in [4.78, 5) is -0.249. The van der Waals surface area contributed by atoms with Crippen LogP contribution < -0.4 is 16.6 Å². The van der Waals surface area contributed by atoms with Crippen LogP contribution in [0.3, 0.4) is 0 Å². The first-order valence-electron chi connectivity index (χ1n) is 3.68. The Morgan fingerprint density at radius 3 is 2.36 bits per heavy atom. The lowest BCUT2D eigenvalue weighted by Gasteiger charge is -2.14. The summed E-state index contributed by atoms with van der Waals surface area (Å²) in [6.45, 7) is 0. The van der Waals surface area contributed by atoms with E-state index in [4.69, 9.17) is 16.1 Å². The fourth-order valence-corrected chi connectivity index (χ4v) is 1.53. The van der Waals surface area contributed by atoms with Gasteiger partial charge in [-0.15, -0.1) is 0 Å². The lowest BCUT2D eigenvalue weighted by atomic mass is 10.2. The van der Waals surface area contributed by atoms with Crippen LogP contribution in [-0.2, 0) is 10.1 Å². The Balaban J connectivity index is 3.27. The molecule has 0 atom stereocenters. The van der Waals surface area contributed by atoms with E-state index in [-0.39, 0.29) is 10.6 Å². The summed E-state index contributed by atoms with van der Waals surface area (Å²) in [6, 6.07) is 3.79. The molecule has 0 aliphatic heterocycles. The molecule has 5 N–H and O–H groups in total. The van der Waals surface area contributed by atoms with Crippen molar-refractivity contribution in [3.8, 4) is 0 Å². The molecule has 0 amide bonds. The van der Waals surface area contributed by atoms with Gasteiger partial charge in [-0.3, -0.25) is 4.55 Å².